The lowest BCUT2D eigenvalue weighted by Crippen LogP contribution is -2.23. The van der Waals surface area contributed by atoms with E-state index in [0.29, 0.717) is 33.4 Å². The van der Waals surface area contributed by atoms with Gasteiger partial charge in [0.25, 0.3) is 0 Å². The lowest BCUT2D eigenvalue weighted by atomic mass is 9.72. The highest BCUT2D eigenvalue weighted by Gasteiger charge is 2.37. The number of carbonyl (C=O) groups is 1. The van der Waals surface area contributed by atoms with Gasteiger partial charge in [-0.15, -0.1) is 0 Å². The SMILES string of the molecule is CC(C)(C)c1cc(C(CC(N)=O)c2cc(C(C)(C)C)c(O)c(C(C)(C)C)c2O)c(O)c(C(C)(C)C)c1O. The second kappa shape index (κ2) is 9.45. The highest BCUT2D eigenvalue weighted by atomic mass is 16.3. The molecule has 37 heavy (non-hydrogen) atoms. The van der Waals surface area contributed by atoms with Crippen LogP contribution in [0, 0.1) is 0 Å². The summed E-state index contributed by atoms with van der Waals surface area (Å²) in [6.45, 7) is 23.2. The Labute approximate surface area is 222 Å². The molecule has 2 aromatic rings. The number of rotatable bonds is 4. The van der Waals surface area contributed by atoms with Crippen molar-refractivity contribution in [3.63, 3.8) is 0 Å². The van der Waals surface area contributed by atoms with Gasteiger partial charge in [-0.1, -0.05) is 83.1 Å². The first kappa shape index (κ1) is 30.3. The third kappa shape index (κ3) is 6.00. The fourth-order valence-electron chi connectivity index (χ4n) is 5.05. The molecular formula is C31H47NO5. The Morgan fingerprint density at radius 2 is 0.919 bits per heavy atom. The molecule has 0 heterocycles. The largest absolute Gasteiger partial charge is 0.507 e. The van der Waals surface area contributed by atoms with Gasteiger partial charge in [-0.25, -0.2) is 0 Å². The second-order valence-corrected chi connectivity index (χ2v) is 14.4. The van der Waals surface area contributed by atoms with Crippen molar-refractivity contribution in [3.05, 3.63) is 45.5 Å². The Morgan fingerprint density at radius 3 is 1.14 bits per heavy atom. The molecule has 0 saturated carbocycles. The number of primary amides is 1. The molecule has 0 aliphatic rings. The van der Waals surface area contributed by atoms with Crippen molar-refractivity contribution in [1.29, 1.82) is 0 Å². The van der Waals surface area contributed by atoms with Crippen molar-refractivity contribution in [1.82, 2.24) is 0 Å². The summed E-state index contributed by atoms with van der Waals surface area (Å²) in [5.74, 6) is -1.66. The first-order chi connectivity index (χ1) is 16.4. The van der Waals surface area contributed by atoms with Crippen molar-refractivity contribution in [2.45, 2.75) is 117 Å². The standard InChI is InChI=1S/C31H47NO5/c1-28(2,3)19-13-17(24(34)22(26(19)36)30(7,8)9)16(15-21(32)33)18-14-20(29(4,5)6)27(37)23(25(18)35)31(10,11)12/h13-14,16,34-37H,15H2,1-12H3,(H2,32,33). The fraction of sp³-hybridized carbons (Fsp3) is 0.581. The number of phenols is 4. The van der Waals surface area contributed by atoms with Crippen LogP contribution in [0.2, 0.25) is 0 Å². The molecule has 0 atom stereocenters. The van der Waals surface area contributed by atoms with Crippen LogP contribution in [0.3, 0.4) is 0 Å². The average Bonchev–Trinajstić information content (AvgIpc) is 2.62. The van der Waals surface area contributed by atoms with Crippen LogP contribution in [-0.4, -0.2) is 26.3 Å². The summed E-state index contributed by atoms with van der Waals surface area (Å²) < 4.78 is 0. The predicted octanol–water partition coefficient (Wildman–Crippen LogP) is 6.71. The van der Waals surface area contributed by atoms with Crippen LogP contribution >= 0.6 is 0 Å². The van der Waals surface area contributed by atoms with E-state index in [1.165, 1.54) is 0 Å². The highest BCUT2D eigenvalue weighted by Crippen LogP contribution is 2.53. The van der Waals surface area contributed by atoms with Crippen LogP contribution < -0.4 is 5.73 Å². The van der Waals surface area contributed by atoms with Gasteiger partial charge in [0.1, 0.15) is 23.0 Å². The highest BCUT2D eigenvalue weighted by molar-refractivity contribution is 5.77. The Kier molecular flexibility index (Phi) is 7.75. The van der Waals surface area contributed by atoms with Gasteiger partial charge in [-0.3, -0.25) is 4.79 Å². The molecule has 2 rings (SSSR count). The minimum absolute atomic E-state index is 0.0137. The van der Waals surface area contributed by atoms with E-state index in [4.69, 9.17) is 5.73 Å². The van der Waals surface area contributed by atoms with E-state index in [-0.39, 0.29) is 29.4 Å². The van der Waals surface area contributed by atoms with E-state index in [0.717, 1.165) is 0 Å². The Balaban J connectivity index is 3.17. The molecule has 0 aliphatic heterocycles. The smallest absolute Gasteiger partial charge is 0.218 e. The van der Waals surface area contributed by atoms with Crippen molar-refractivity contribution in [2.75, 3.05) is 0 Å². The van der Waals surface area contributed by atoms with Crippen molar-refractivity contribution in [3.8, 4) is 23.0 Å². The van der Waals surface area contributed by atoms with Crippen molar-refractivity contribution < 1.29 is 25.2 Å². The fourth-order valence-corrected chi connectivity index (χ4v) is 5.05. The van der Waals surface area contributed by atoms with Gasteiger partial charge >= 0.3 is 0 Å². The van der Waals surface area contributed by atoms with E-state index in [1.54, 1.807) is 12.1 Å². The van der Waals surface area contributed by atoms with Crippen LogP contribution in [-0.2, 0) is 26.5 Å². The molecule has 6 N–H and O–H groups in total. The summed E-state index contributed by atoms with van der Waals surface area (Å²) in [5.41, 5.74) is 6.29. The molecule has 1 amide bonds. The summed E-state index contributed by atoms with van der Waals surface area (Å²) >= 11 is 0. The summed E-state index contributed by atoms with van der Waals surface area (Å²) in [6, 6.07) is 3.43. The zero-order valence-electron chi connectivity index (χ0n) is 24.7. The van der Waals surface area contributed by atoms with Gasteiger partial charge < -0.3 is 26.2 Å². The normalized spacial score (nSPS) is 13.3. The molecule has 0 unspecified atom stereocenters. The molecule has 0 aromatic heterocycles. The summed E-state index contributed by atoms with van der Waals surface area (Å²) in [4.78, 5) is 12.4. The maximum Gasteiger partial charge on any atom is 0.218 e. The maximum absolute atomic E-state index is 12.4. The van der Waals surface area contributed by atoms with Crippen LogP contribution in [0.4, 0.5) is 0 Å². The molecule has 0 spiro atoms. The topological polar surface area (TPSA) is 124 Å². The number of nitrogens with two attached hydrogens (primary N) is 1. The van der Waals surface area contributed by atoms with Gasteiger partial charge in [0.2, 0.25) is 5.91 Å². The van der Waals surface area contributed by atoms with Crippen LogP contribution in [0.1, 0.15) is 129 Å². The number of aromatic hydroxyl groups is 4. The van der Waals surface area contributed by atoms with Gasteiger partial charge in [0.05, 0.1) is 0 Å². The Bertz CT molecular complexity index is 1110. The van der Waals surface area contributed by atoms with Gasteiger partial charge in [-0.05, 0) is 33.8 Å². The van der Waals surface area contributed by atoms with Crippen LogP contribution in [0.15, 0.2) is 12.1 Å². The van der Waals surface area contributed by atoms with Gasteiger partial charge in [-0.2, -0.15) is 0 Å². The molecule has 0 radical (unpaired) electrons. The van der Waals surface area contributed by atoms with Crippen LogP contribution in [0.5, 0.6) is 23.0 Å². The minimum atomic E-state index is -0.817. The Hall–Kier alpha value is -2.89. The molecule has 206 valence electrons. The van der Waals surface area contributed by atoms with E-state index >= 15 is 0 Å². The molecule has 2 aromatic carbocycles. The number of phenolic OH excluding ortho intramolecular Hbond substituents is 4. The van der Waals surface area contributed by atoms with E-state index in [2.05, 4.69) is 0 Å². The minimum Gasteiger partial charge on any atom is -0.507 e. The number of amides is 1. The molecule has 6 heteroatoms. The first-order valence-electron chi connectivity index (χ1n) is 12.9. The summed E-state index contributed by atoms with van der Waals surface area (Å²) in [5, 5.41) is 45.7. The quantitative estimate of drug-likeness (QED) is 0.311. The molecule has 6 nitrogen and oxygen atoms in total. The number of benzene rings is 2. The molecular weight excluding hydrogens is 466 g/mol. The maximum atomic E-state index is 12.4. The summed E-state index contributed by atoms with van der Waals surface area (Å²) in [7, 11) is 0. The van der Waals surface area contributed by atoms with Crippen molar-refractivity contribution >= 4 is 5.91 Å². The van der Waals surface area contributed by atoms with Gasteiger partial charge in [0, 0.05) is 45.7 Å². The third-order valence-electron chi connectivity index (χ3n) is 6.88. The lowest BCUT2D eigenvalue weighted by molar-refractivity contribution is -0.118. The number of hydrogen-bond acceptors (Lipinski definition) is 5. The molecule has 0 saturated heterocycles. The zero-order valence-corrected chi connectivity index (χ0v) is 24.7. The second-order valence-electron chi connectivity index (χ2n) is 14.4. The van der Waals surface area contributed by atoms with E-state index in [9.17, 15) is 25.2 Å². The van der Waals surface area contributed by atoms with E-state index < -0.39 is 33.5 Å². The molecule has 0 aliphatic carbocycles. The Morgan fingerprint density at radius 1 is 0.622 bits per heavy atom. The number of carbonyl (C=O) groups excluding carboxylic acids is 1. The van der Waals surface area contributed by atoms with Gasteiger partial charge in [0.15, 0.2) is 0 Å². The van der Waals surface area contributed by atoms with Crippen molar-refractivity contribution in [2.24, 2.45) is 5.73 Å². The monoisotopic (exact) mass is 513 g/mol. The summed E-state index contributed by atoms with van der Waals surface area (Å²) in [6.07, 6.45) is -0.184. The molecule has 0 fully saturated rings. The van der Waals surface area contributed by atoms with E-state index in [1.807, 2.05) is 83.1 Å². The third-order valence-corrected chi connectivity index (χ3v) is 6.88. The lowest BCUT2D eigenvalue weighted by Gasteiger charge is -2.33. The first-order valence-corrected chi connectivity index (χ1v) is 12.9. The molecule has 0 bridgehead atoms. The van der Waals surface area contributed by atoms with Crippen LogP contribution in [0.25, 0.3) is 0 Å². The zero-order chi connectivity index (χ0) is 29.0. The predicted molar refractivity (Wildman–Crippen MR) is 150 cm³/mol. The average molecular weight is 514 g/mol. The number of hydrogen-bond donors (Lipinski definition) is 5.